The highest BCUT2D eigenvalue weighted by Gasteiger charge is 2.26. The van der Waals surface area contributed by atoms with Gasteiger partial charge in [0.2, 0.25) is 5.91 Å². The van der Waals surface area contributed by atoms with Crippen LogP contribution in [0, 0.1) is 6.92 Å². The second-order valence-electron chi connectivity index (χ2n) is 8.75. The molecule has 1 unspecified atom stereocenters. The number of aromatic nitrogens is 2. The molecular weight excluding hydrogens is 422 g/mol. The third kappa shape index (κ3) is 4.93. The summed E-state index contributed by atoms with van der Waals surface area (Å²) in [5.74, 6) is 0.631. The Morgan fingerprint density at radius 1 is 1.00 bits per heavy atom. The van der Waals surface area contributed by atoms with Crippen LogP contribution in [0.4, 0.5) is 0 Å². The molecule has 0 saturated heterocycles. The Morgan fingerprint density at radius 2 is 1.74 bits per heavy atom. The van der Waals surface area contributed by atoms with Crippen molar-refractivity contribution in [1.82, 2.24) is 14.5 Å². The number of rotatable bonds is 8. The first-order valence-electron chi connectivity index (χ1n) is 11.9. The third-order valence-electron chi connectivity index (χ3n) is 6.16. The maximum absolute atomic E-state index is 13.7. The smallest absolute Gasteiger partial charge is 0.266 e. The van der Waals surface area contributed by atoms with Gasteiger partial charge >= 0.3 is 0 Å². The van der Waals surface area contributed by atoms with Gasteiger partial charge < -0.3 is 4.90 Å². The number of aryl methyl sites for hydroxylation is 1. The number of fused-ring (bicyclic) bond motifs is 1. The van der Waals surface area contributed by atoms with Crippen molar-refractivity contribution in [2.45, 2.75) is 52.6 Å². The molecule has 0 N–H and O–H groups in total. The number of unbranched alkanes of at least 4 members (excludes halogenated alkanes) is 1. The molecule has 0 saturated carbocycles. The molecule has 0 aliphatic rings. The minimum Gasteiger partial charge on any atom is -0.328 e. The van der Waals surface area contributed by atoms with Gasteiger partial charge in [-0.25, -0.2) is 4.98 Å². The lowest BCUT2D eigenvalue weighted by Gasteiger charge is -2.31. The van der Waals surface area contributed by atoms with Gasteiger partial charge in [-0.15, -0.1) is 0 Å². The van der Waals surface area contributed by atoms with E-state index < -0.39 is 6.04 Å². The summed E-state index contributed by atoms with van der Waals surface area (Å²) in [5, 5.41) is 0.562. The molecule has 0 aliphatic heterocycles. The fourth-order valence-electron chi connectivity index (χ4n) is 4.28. The van der Waals surface area contributed by atoms with E-state index in [0.29, 0.717) is 29.7 Å². The summed E-state index contributed by atoms with van der Waals surface area (Å²) in [6, 6.07) is 24.8. The first-order valence-corrected chi connectivity index (χ1v) is 11.9. The highest BCUT2D eigenvalue weighted by atomic mass is 16.2. The average Bonchev–Trinajstić information content (AvgIpc) is 2.86. The van der Waals surface area contributed by atoms with E-state index in [0.717, 1.165) is 29.7 Å². The van der Waals surface area contributed by atoms with Crippen molar-refractivity contribution in [2.24, 2.45) is 0 Å². The number of nitrogens with zero attached hydrogens (tertiary/aromatic N) is 3. The zero-order valence-corrected chi connectivity index (χ0v) is 20.1. The van der Waals surface area contributed by atoms with Gasteiger partial charge in [0.15, 0.2) is 0 Å². The van der Waals surface area contributed by atoms with E-state index in [2.05, 4.69) is 6.92 Å². The van der Waals surface area contributed by atoms with Crippen LogP contribution in [-0.2, 0) is 11.3 Å². The van der Waals surface area contributed by atoms with Crippen LogP contribution < -0.4 is 5.56 Å². The molecule has 5 heteroatoms. The number of para-hydroxylation sites is 1. The predicted octanol–water partition coefficient (Wildman–Crippen LogP) is 5.97. The van der Waals surface area contributed by atoms with Gasteiger partial charge in [0.05, 0.1) is 22.6 Å². The lowest BCUT2D eigenvalue weighted by atomic mass is 10.1. The molecule has 0 aliphatic carbocycles. The number of carbonyl (C=O) groups excluding carboxylic acids is 1. The maximum atomic E-state index is 13.7. The van der Waals surface area contributed by atoms with Gasteiger partial charge in [-0.05, 0) is 55.7 Å². The molecule has 0 bridgehead atoms. The monoisotopic (exact) mass is 453 g/mol. The van der Waals surface area contributed by atoms with E-state index in [1.807, 2.05) is 91.5 Å². The molecule has 174 valence electrons. The van der Waals surface area contributed by atoms with Crippen molar-refractivity contribution >= 4 is 16.8 Å². The summed E-state index contributed by atoms with van der Waals surface area (Å²) in [6.07, 6.45) is 2.24. The lowest BCUT2D eigenvalue weighted by molar-refractivity contribution is -0.134. The van der Waals surface area contributed by atoms with Crippen molar-refractivity contribution < 1.29 is 4.79 Å². The average molecular weight is 454 g/mol. The maximum Gasteiger partial charge on any atom is 0.266 e. The molecule has 3 aromatic carbocycles. The molecule has 34 heavy (non-hydrogen) atoms. The van der Waals surface area contributed by atoms with Gasteiger partial charge in [0.25, 0.3) is 5.56 Å². The Bertz CT molecular complexity index is 1340. The molecule has 5 nitrogen and oxygen atoms in total. The summed E-state index contributed by atoms with van der Waals surface area (Å²) in [4.78, 5) is 33.9. The molecule has 0 fully saturated rings. The second kappa shape index (κ2) is 10.5. The Labute approximate surface area is 200 Å². The fraction of sp³-hybridized carbons (Fsp3) is 0.276. The van der Waals surface area contributed by atoms with Crippen LogP contribution in [-0.4, -0.2) is 20.4 Å². The Morgan fingerprint density at radius 3 is 2.47 bits per heavy atom. The zero-order valence-electron chi connectivity index (χ0n) is 20.1. The van der Waals surface area contributed by atoms with Crippen LogP contribution in [0.15, 0.2) is 83.7 Å². The van der Waals surface area contributed by atoms with Gasteiger partial charge in [0.1, 0.15) is 5.82 Å². The van der Waals surface area contributed by atoms with Gasteiger partial charge in [0, 0.05) is 13.0 Å². The summed E-state index contributed by atoms with van der Waals surface area (Å²) >= 11 is 0. The molecule has 0 radical (unpaired) electrons. The molecule has 0 spiro atoms. The van der Waals surface area contributed by atoms with E-state index in [4.69, 9.17) is 4.98 Å². The Balaban J connectivity index is 1.88. The van der Waals surface area contributed by atoms with E-state index in [1.165, 1.54) is 0 Å². The van der Waals surface area contributed by atoms with Crippen LogP contribution in [0.1, 0.15) is 56.1 Å². The summed E-state index contributed by atoms with van der Waals surface area (Å²) in [6.45, 7) is 6.51. The third-order valence-corrected chi connectivity index (χ3v) is 6.16. The molecule has 4 rings (SSSR count). The van der Waals surface area contributed by atoms with Crippen LogP contribution in [0.2, 0.25) is 0 Å². The normalized spacial score (nSPS) is 12.0. The first-order chi connectivity index (χ1) is 16.5. The number of benzene rings is 3. The minimum absolute atomic E-state index is 0.0661. The van der Waals surface area contributed by atoms with Crippen LogP contribution in [0.3, 0.4) is 0 Å². The van der Waals surface area contributed by atoms with E-state index >= 15 is 0 Å². The quantitative estimate of drug-likeness (QED) is 0.330. The highest BCUT2D eigenvalue weighted by Crippen LogP contribution is 2.26. The molecule has 1 heterocycles. The van der Waals surface area contributed by atoms with Gasteiger partial charge in [-0.3, -0.25) is 14.2 Å². The van der Waals surface area contributed by atoms with Gasteiger partial charge in [-0.2, -0.15) is 0 Å². The van der Waals surface area contributed by atoms with E-state index in [1.54, 1.807) is 10.6 Å². The van der Waals surface area contributed by atoms with Crippen LogP contribution >= 0.6 is 0 Å². The van der Waals surface area contributed by atoms with Crippen molar-refractivity contribution in [3.05, 3.63) is 106 Å². The molecule has 4 aromatic rings. The summed E-state index contributed by atoms with van der Waals surface area (Å²) in [7, 11) is 0. The topological polar surface area (TPSA) is 55.2 Å². The number of carbonyl (C=O) groups is 1. The molecule has 1 aromatic heterocycles. The lowest BCUT2D eigenvalue weighted by Crippen LogP contribution is -2.37. The van der Waals surface area contributed by atoms with Crippen molar-refractivity contribution in [1.29, 1.82) is 0 Å². The first kappa shape index (κ1) is 23.4. The molecule has 1 amide bonds. The van der Waals surface area contributed by atoms with Crippen LogP contribution in [0.25, 0.3) is 16.6 Å². The Kier molecular flexibility index (Phi) is 7.21. The van der Waals surface area contributed by atoms with E-state index in [-0.39, 0.29) is 11.5 Å². The van der Waals surface area contributed by atoms with Gasteiger partial charge in [-0.1, -0.05) is 67.9 Å². The van der Waals surface area contributed by atoms with Crippen molar-refractivity contribution in [3.8, 4) is 5.69 Å². The number of hydrogen-bond donors (Lipinski definition) is 0. The van der Waals surface area contributed by atoms with Crippen molar-refractivity contribution in [2.75, 3.05) is 0 Å². The molecular formula is C29H31N3O2. The van der Waals surface area contributed by atoms with Crippen molar-refractivity contribution in [3.63, 3.8) is 0 Å². The standard InChI is InChI=1S/C29H31N3O2/c1-4-5-18-27(33)31(20-23-13-7-6-8-14-23)22(3)28-30-26-17-10-9-16-25(26)29(34)32(28)24-15-11-12-21(2)19-24/h6-17,19,22H,4-5,18,20H2,1-3H3. The predicted molar refractivity (Wildman–Crippen MR) is 137 cm³/mol. The molecule has 1 atom stereocenters. The number of amides is 1. The second-order valence-corrected chi connectivity index (χ2v) is 8.75. The SMILES string of the molecule is CCCCC(=O)N(Cc1ccccc1)C(C)c1nc2ccccc2c(=O)n1-c1cccc(C)c1. The summed E-state index contributed by atoms with van der Waals surface area (Å²) in [5.41, 5.74) is 3.36. The number of hydrogen-bond acceptors (Lipinski definition) is 3. The van der Waals surface area contributed by atoms with E-state index in [9.17, 15) is 9.59 Å². The Hall–Kier alpha value is -3.73. The fourth-order valence-corrected chi connectivity index (χ4v) is 4.28. The summed E-state index contributed by atoms with van der Waals surface area (Å²) < 4.78 is 1.67. The minimum atomic E-state index is -0.401. The highest BCUT2D eigenvalue weighted by molar-refractivity contribution is 5.79. The largest absolute Gasteiger partial charge is 0.328 e. The zero-order chi connectivity index (χ0) is 24.1. The van der Waals surface area contributed by atoms with Crippen LogP contribution in [0.5, 0.6) is 0 Å².